The molecule has 2 saturated carbocycles. The molecule has 3 unspecified atom stereocenters. The first-order valence-corrected chi connectivity index (χ1v) is 6.65. The third-order valence-corrected chi connectivity index (χ3v) is 4.64. The van der Waals surface area contributed by atoms with Gasteiger partial charge in [0, 0.05) is 5.41 Å². The van der Waals surface area contributed by atoms with E-state index in [1.807, 2.05) is 11.8 Å². The first-order valence-electron chi connectivity index (χ1n) is 5.26. The second kappa shape index (κ2) is 3.64. The molecule has 1 nitrogen and oxygen atoms in total. The quantitative estimate of drug-likeness (QED) is 0.646. The molecule has 2 fully saturated rings. The fourth-order valence-corrected chi connectivity index (χ4v) is 3.87. The molecule has 2 aliphatic carbocycles. The van der Waals surface area contributed by atoms with E-state index in [1.54, 1.807) is 0 Å². The number of hydrogen-bond donors (Lipinski definition) is 0. The monoisotopic (exact) mass is 198 g/mol. The third-order valence-electron chi connectivity index (χ3n) is 4.03. The van der Waals surface area contributed by atoms with E-state index in [0.29, 0.717) is 0 Å². The summed E-state index contributed by atoms with van der Waals surface area (Å²) in [5.41, 5.74) is 0.103. The summed E-state index contributed by atoms with van der Waals surface area (Å²) >= 11 is 1.87. The van der Waals surface area contributed by atoms with Crippen LogP contribution < -0.4 is 0 Å². The molecule has 0 aromatic carbocycles. The van der Waals surface area contributed by atoms with Crippen LogP contribution in [0.15, 0.2) is 0 Å². The molecule has 2 bridgehead atoms. The lowest BCUT2D eigenvalue weighted by Crippen LogP contribution is -2.30. The van der Waals surface area contributed by atoms with Crippen molar-refractivity contribution in [3.63, 3.8) is 0 Å². The number of fused-ring (bicyclic) bond motifs is 2. The van der Waals surface area contributed by atoms with Gasteiger partial charge in [0.05, 0.1) is 0 Å². The molecule has 0 N–H and O–H groups in total. The number of thioether (sulfide) groups is 1. The molecule has 2 rings (SSSR count). The minimum Gasteiger partial charge on any atom is -0.303 e. The Morgan fingerprint density at radius 3 is 2.85 bits per heavy atom. The molecule has 0 amide bonds. The number of aldehydes is 1. The maximum absolute atomic E-state index is 11.2. The van der Waals surface area contributed by atoms with Crippen molar-refractivity contribution in [2.24, 2.45) is 17.3 Å². The fraction of sp³-hybridized carbons (Fsp3) is 0.909. The zero-order valence-electron chi connectivity index (χ0n) is 8.29. The van der Waals surface area contributed by atoms with E-state index in [4.69, 9.17) is 0 Å². The summed E-state index contributed by atoms with van der Waals surface area (Å²) in [5, 5.41) is 0. The first-order chi connectivity index (χ1) is 6.30. The van der Waals surface area contributed by atoms with Crippen molar-refractivity contribution in [3.05, 3.63) is 0 Å². The molecule has 2 aliphatic rings. The summed E-state index contributed by atoms with van der Waals surface area (Å²) in [6, 6.07) is 0. The van der Waals surface area contributed by atoms with Gasteiger partial charge in [-0.2, -0.15) is 11.8 Å². The van der Waals surface area contributed by atoms with Gasteiger partial charge in [0.2, 0.25) is 0 Å². The first kappa shape index (κ1) is 9.57. The predicted molar refractivity (Wildman–Crippen MR) is 56.9 cm³/mol. The molecule has 74 valence electrons. The molecule has 0 spiro atoms. The van der Waals surface area contributed by atoms with Gasteiger partial charge in [-0.15, -0.1) is 0 Å². The molecule has 0 aromatic rings. The average molecular weight is 198 g/mol. The van der Waals surface area contributed by atoms with E-state index in [0.717, 1.165) is 24.0 Å². The Kier molecular flexibility index (Phi) is 2.68. The van der Waals surface area contributed by atoms with Crippen molar-refractivity contribution in [3.8, 4) is 0 Å². The van der Waals surface area contributed by atoms with Crippen LogP contribution in [0, 0.1) is 17.3 Å². The average Bonchev–Trinajstić information content (AvgIpc) is 2.74. The Labute approximate surface area is 84.7 Å². The van der Waals surface area contributed by atoms with Crippen LogP contribution in [-0.4, -0.2) is 18.3 Å². The van der Waals surface area contributed by atoms with Crippen LogP contribution in [0.3, 0.4) is 0 Å². The molecule has 0 radical (unpaired) electrons. The number of carbonyl (C=O) groups excluding carboxylic acids is 1. The van der Waals surface area contributed by atoms with Crippen LogP contribution in [0.25, 0.3) is 0 Å². The predicted octanol–water partition coefficient (Wildman–Crippen LogP) is 2.74. The Morgan fingerprint density at radius 1 is 1.54 bits per heavy atom. The van der Waals surface area contributed by atoms with Gasteiger partial charge in [-0.3, -0.25) is 0 Å². The largest absolute Gasteiger partial charge is 0.303 e. The Bertz CT molecular complexity index is 204. The molecular weight excluding hydrogens is 180 g/mol. The summed E-state index contributed by atoms with van der Waals surface area (Å²) < 4.78 is 0. The highest BCUT2D eigenvalue weighted by Gasteiger charge is 2.50. The summed E-state index contributed by atoms with van der Waals surface area (Å²) in [6.45, 7) is 0. The number of carbonyl (C=O) groups is 1. The van der Waals surface area contributed by atoms with E-state index in [2.05, 4.69) is 6.26 Å². The van der Waals surface area contributed by atoms with Crippen molar-refractivity contribution in [1.29, 1.82) is 0 Å². The van der Waals surface area contributed by atoms with E-state index in [1.165, 1.54) is 32.0 Å². The van der Waals surface area contributed by atoms with Crippen LogP contribution in [0.5, 0.6) is 0 Å². The van der Waals surface area contributed by atoms with Crippen molar-refractivity contribution in [1.82, 2.24) is 0 Å². The fourth-order valence-electron chi connectivity index (χ4n) is 3.29. The molecule has 0 heterocycles. The highest BCUT2D eigenvalue weighted by Crippen LogP contribution is 2.56. The molecule has 0 aliphatic heterocycles. The van der Waals surface area contributed by atoms with E-state index in [-0.39, 0.29) is 5.41 Å². The van der Waals surface area contributed by atoms with Gasteiger partial charge >= 0.3 is 0 Å². The number of rotatable bonds is 4. The smallest absolute Gasteiger partial charge is 0.126 e. The van der Waals surface area contributed by atoms with Crippen molar-refractivity contribution >= 4 is 18.0 Å². The Balaban J connectivity index is 2.03. The minimum atomic E-state index is 0.103. The number of hydrogen-bond acceptors (Lipinski definition) is 2. The maximum atomic E-state index is 11.2. The molecule has 0 saturated heterocycles. The SMILES string of the molecule is CSCCC1(C=O)CC2CCC1C2. The van der Waals surface area contributed by atoms with Gasteiger partial charge in [-0.05, 0) is 49.5 Å². The van der Waals surface area contributed by atoms with Gasteiger partial charge in [-0.25, -0.2) is 0 Å². The molecule has 0 aromatic heterocycles. The summed E-state index contributed by atoms with van der Waals surface area (Å²) in [5.74, 6) is 2.78. The Hall–Kier alpha value is 0.0200. The van der Waals surface area contributed by atoms with Crippen molar-refractivity contribution in [2.75, 3.05) is 12.0 Å². The van der Waals surface area contributed by atoms with Crippen molar-refractivity contribution in [2.45, 2.75) is 32.1 Å². The van der Waals surface area contributed by atoms with Gasteiger partial charge < -0.3 is 4.79 Å². The van der Waals surface area contributed by atoms with Crippen LogP contribution in [0.2, 0.25) is 0 Å². The highest BCUT2D eigenvalue weighted by atomic mass is 32.2. The zero-order valence-corrected chi connectivity index (χ0v) is 9.11. The molecule has 3 atom stereocenters. The molecular formula is C11H18OS. The van der Waals surface area contributed by atoms with Crippen LogP contribution in [-0.2, 0) is 4.79 Å². The normalized spacial score (nSPS) is 42.5. The van der Waals surface area contributed by atoms with Gasteiger partial charge in [-0.1, -0.05) is 6.42 Å². The summed E-state index contributed by atoms with van der Waals surface area (Å²) in [6.07, 6.45) is 9.78. The standard InChI is InChI=1S/C11H18OS/c1-13-5-4-11(8-12)7-9-2-3-10(11)6-9/h8-10H,2-7H2,1H3. The third kappa shape index (κ3) is 1.54. The lowest BCUT2D eigenvalue weighted by atomic mass is 9.72. The van der Waals surface area contributed by atoms with Crippen LogP contribution in [0.1, 0.15) is 32.1 Å². The lowest BCUT2D eigenvalue weighted by molar-refractivity contribution is -0.119. The summed E-state index contributed by atoms with van der Waals surface area (Å²) in [4.78, 5) is 11.2. The van der Waals surface area contributed by atoms with Gasteiger partial charge in [0.25, 0.3) is 0 Å². The van der Waals surface area contributed by atoms with Gasteiger partial charge in [0.15, 0.2) is 0 Å². The topological polar surface area (TPSA) is 17.1 Å². The Morgan fingerprint density at radius 2 is 2.38 bits per heavy atom. The highest BCUT2D eigenvalue weighted by molar-refractivity contribution is 7.98. The lowest BCUT2D eigenvalue weighted by Gasteiger charge is -2.32. The zero-order chi connectivity index (χ0) is 9.31. The molecule has 13 heavy (non-hydrogen) atoms. The van der Waals surface area contributed by atoms with E-state index < -0.39 is 0 Å². The van der Waals surface area contributed by atoms with Crippen LogP contribution in [0.4, 0.5) is 0 Å². The molecule has 2 heteroatoms. The second-order valence-corrected chi connectivity index (χ2v) is 5.66. The second-order valence-electron chi connectivity index (χ2n) is 4.67. The summed E-state index contributed by atoms with van der Waals surface area (Å²) in [7, 11) is 0. The maximum Gasteiger partial charge on any atom is 0.126 e. The van der Waals surface area contributed by atoms with E-state index >= 15 is 0 Å². The van der Waals surface area contributed by atoms with Crippen molar-refractivity contribution < 1.29 is 4.79 Å². The van der Waals surface area contributed by atoms with E-state index in [9.17, 15) is 4.79 Å². The minimum absolute atomic E-state index is 0.103. The van der Waals surface area contributed by atoms with Gasteiger partial charge in [0.1, 0.15) is 6.29 Å². The van der Waals surface area contributed by atoms with Crippen LogP contribution >= 0.6 is 11.8 Å².